The fourth-order valence-corrected chi connectivity index (χ4v) is 2.27. The Kier molecular flexibility index (Phi) is 4.74. The summed E-state index contributed by atoms with van der Waals surface area (Å²) in [5.41, 5.74) is 1.94. The molecule has 2 rings (SSSR count). The standard InChI is InChI=1S/C16H21NO2/c1-3-15(11-14-7-5-4-6-8-14)16(18)17-9-10-19-13(2)12-17/h4-8,11,13H,3,9-10,12H2,1-2H3/b15-11+. The van der Waals surface area contributed by atoms with Gasteiger partial charge in [0.1, 0.15) is 0 Å². The molecule has 3 heteroatoms. The van der Waals surface area contributed by atoms with Gasteiger partial charge in [0.15, 0.2) is 0 Å². The van der Waals surface area contributed by atoms with Gasteiger partial charge in [0.25, 0.3) is 0 Å². The van der Waals surface area contributed by atoms with Crippen LogP contribution in [0, 0.1) is 0 Å². The largest absolute Gasteiger partial charge is 0.375 e. The summed E-state index contributed by atoms with van der Waals surface area (Å²) in [7, 11) is 0. The molecule has 1 atom stereocenters. The average molecular weight is 259 g/mol. The summed E-state index contributed by atoms with van der Waals surface area (Å²) in [5.74, 6) is 0.140. The van der Waals surface area contributed by atoms with Crippen LogP contribution in [0.1, 0.15) is 25.8 Å². The summed E-state index contributed by atoms with van der Waals surface area (Å²) < 4.78 is 5.48. The first kappa shape index (κ1) is 13.8. The highest BCUT2D eigenvalue weighted by Crippen LogP contribution is 2.15. The van der Waals surface area contributed by atoms with Crippen molar-refractivity contribution in [2.45, 2.75) is 26.4 Å². The average Bonchev–Trinajstić information content (AvgIpc) is 2.45. The second kappa shape index (κ2) is 6.53. The highest BCUT2D eigenvalue weighted by atomic mass is 16.5. The van der Waals surface area contributed by atoms with E-state index < -0.39 is 0 Å². The van der Waals surface area contributed by atoms with Crippen molar-refractivity contribution in [3.63, 3.8) is 0 Å². The van der Waals surface area contributed by atoms with E-state index in [1.54, 1.807) is 0 Å². The van der Waals surface area contributed by atoms with Crippen LogP contribution in [0.3, 0.4) is 0 Å². The number of rotatable bonds is 3. The molecule has 3 nitrogen and oxygen atoms in total. The Morgan fingerprint density at radius 3 is 2.79 bits per heavy atom. The van der Waals surface area contributed by atoms with Crippen LogP contribution in [0.4, 0.5) is 0 Å². The molecule has 0 radical (unpaired) electrons. The number of amides is 1. The van der Waals surface area contributed by atoms with Crippen LogP contribution in [0.25, 0.3) is 6.08 Å². The van der Waals surface area contributed by atoms with E-state index in [0.717, 1.165) is 17.6 Å². The van der Waals surface area contributed by atoms with Gasteiger partial charge in [-0.1, -0.05) is 37.3 Å². The van der Waals surface area contributed by atoms with E-state index in [0.29, 0.717) is 19.7 Å². The maximum Gasteiger partial charge on any atom is 0.249 e. The summed E-state index contributed by atoms with van der Waals surface area (Å²) in [5, 5.41) is 0. The zero-order valence-electron chi connectivity index (χ0n) is 11.6. The lowest BCUT2D eigenvalue weighted by atomic mass is 10.1. The monoisotopic (exact) mass is 259 g/mol. The van der Waals surface area contributed by atoms with Crippen LogP contribution < -0.4 is 0 Å². The molecule has 102 valence electrons. The Hall–Kier alpha value is -1.61. The third-order valence-electron chi connectivity index (χ3n) is 3.32. The molecule has 0 spiro atoms. The highest BCUT2D eigenvalue weighted by molar-refractivity contribution is 5.97. The Labute approximate surface area is 114 Å². The maximum absolute atomic E-state index is 12.5. The third-order valence-corrected chi connectivity index (χ3v) is 3.32. The zero-order chi connectivity index (χ0) is 13.7. The van der Waals surface area contributed by atoms with Gasteiger partial charge in [0.2, 0.25) is 5.91 Å². The van der Waals surface area contributed by atoms with E-state index in [2.05, 4.69) is 0 Å². The molecule has 0 aromatic heterocycles. The second-order valence-corrected chi connectivity index (χ2v) is 4.87. The van der Waals surface area contributed by atoms with Gasteiger partial charge in [-0.3, -0.25) is 4.79 Å². The van der Waals surface area contributed by atoms with E-state index in [4.69, 9.17) is 4.74 Å². The van der Waals surface area contributed by atoms with Gasteiger partial charge in [0, 0.05) is 18.7 Å². The predicted octanol–water partition coefficient (Wildman–Crippen LogP) is 2.73. The Morgan fingerprint density at radius 2 is 2.16 bits per heavy atom. The first-order valence-corrected chi connectivity index (χ1v) is 6.87. The van der Waals surface area contributed by atoms with Gasteiger partial charge in [-0.25, -0.2) is 0 Å². The van der Waals surface area contributed by atoms with Crippen LogP contribution >= 0.6 is 0 Å². The molecule has 1 amide bonds. The molecule has 0 N–H and O–H groups in total. The van der Waals surface area contributed by atoms with Crippen molar-refractivity contribution in [1.29, 1.82) is 0 Å². The number of morpholine rings is 1. The summed E-state index contributed by atoms with van der Waals surface area (Å²) in [6.07, 6.45) is 2.87. The van der Waals surface area contributed by atoms with Gasteiger partial charge in [-0.15, -0.1) is 0 Å². The molecule has 1 aliphatic heterocycles. The van der Waals surface area contributed by atoms with Crippen molar-refractivity contribution >= 4 is 12.0 Å². The van der Waals surface area contributed by atoms with Gasteiger partial charge in [-0.2, -0.15) is 0 Å². The number of ether oxygens (including phenoxy) is 1. The number of carbonyl (C=O) groups is 1. The highest BCUT2D eigenvalue weighted by Gasteiger charge is 2.23. The lowest BCUT2D eigenvalue weighted by Crippen LogP contribution is -2.45. The minimum absolute atomic E-state index is 0.132. The van der Waals surface area contributed by atoms with Gasteiger partial charge < -0.3 is 9.64 Å². The zero-order valence-corrected chi connectivity index (χ0v) is 11.6. The quantitative estimate of drug-likeness (QED) is 0.781. The minimum atomic E-state index is 0.132. The van der Waals surface area contributed by atoms with Crippen LogP contribution in [0.15, 0.2) is 35.9 Å². The van der Waals surface area contributed by atoms with Crippen molar-refractivity contribution in [2.24, 2.45) is 0 Å². The number of nitrogens with zero attached hydrogens (tertiary/aromatic N) is 1. The van der Waals surface area contributed by atoms with Gasteiger partial charge in [0.05, 0.1) is 12.7 Å². The molecule has 1 unspecified atom stereocenters. The molecule has 1 saturated heterocycles. The summed E-state index contributed by atoms with van der Waals surface area (Å²) in [4.78, 5) is 14.4. The number of hydrogen-bond acceptors (Lipinski definition) is 2. The number of carbonyl (C=O) groups excluding carboxylic acids is 1. The summed E-state index contributed by atoms with van der Waals surface area (Å²) >= 11 is 0. The molecule has 1 fully saturated rings. The first-order valence-electron chi connectivity index (χ1n) is 6.87. The van der Waals surface area contributed by atoms with Crippen LogP contribution in [-0.4, -0.2) is 36.6 Å². The first-order chi connectivity index (χ1) is 9.20. The molecular weight excluding hydrogens is 238 g/mol. The Bertz CT molecular complexity index is 453. The smallest absolute Gasteiger partial charge is 0.249 e. The van der Waals surface area contributed by atoms with Crippen molar-refractivity contribution in [1.82, 2.24) is 4.90 Å². The lowest BCUT2D eigenvalue weighted by molar-refractivity contribution is -0.134. The molecule has 1 aliphatic rings. The predicted molar refractivity (Wildman–Crippen MR) is 76.7 cm³/mol. The SMILES string of the molecule is CC/C(=C\c1ccccc1)C(=O)N1CCOC(C)C1. The van der Waals surface area contributed by atoms with E-state index in [9.17, 15) is 4.79 Å². The maximum atomic E-state index is 12.5. The van der Waals surface area contributed by atoms with Gasteiger partial charge >= 0.3 is 0 Å². The second-order valence-electron chi connectivity index (χ2n) is 4.87. The molecule has 1 aromatic carbocycles. The molecule has 1 heterocycles. The van der Waals surface area contributed by atoms with Crippen molar-refractivity contribution < 1.29 is 9.53 Å². The minimum Gasteiger partial charge on any atom is -0.375 e. The van der Waals surface area contributed by atoms with Gasteiger partial charge in [-0.05, 0) is 25.0 Å². The van der Waals surface area contributed by atoms with Crippen molar-refractivity contribution in [3.8, 4) is 0 Å². The Morgan fingerprint density at radius 1 is 1.42 bits per heavy atom. The Balaban J connectivity index is 2.13. The van der Waals surface area contributed by atoms with E-state index >= 15 is 0 Å². The molecule has 19 heavy (non-hydrogen) atoms. The number of hydrogen-bond donors (Lipinski definition) is 0. The van der Waals surface area contributed by atoms with Crippen LogP contribution in [0.2, 0.25) is 0 Å². The lowest BCUT2D eigenvalue weighted by Gasteiger charge is -2.31. The van der Waals surface area contributed by atoms with E-state index in [-0.39, 0.29) is 12.0 Å². The summed E-state index contributed by atoms with van der Waals surface area (Å²) in [6, 6.07) is 9.99. The molecular formula is C16H21NO2. The molecule has 0 bridgehead atoms. The molecule has 1 aromatic rings. The van der Waals surface area contributed by atoms with Crippen molar-refractivity contribution in [2.75, 3.05) is 19.7 Å². The third kappa shape index (κ3) is 3.67. The number of benzene rings is 1. The van der Waals surface area contributed by atoms with E-state index in [1.165, 1.54) is 0 Å². The van der Waals surface area contributed by atoms with Crippen LogP contribution in [-0.2, 0) is 9.53 Å². The fourth-order valence-electron chi connectivity index (χ4n) is 2.27. The van der Waals surface area contributed by atoms with E-state index in [1.807, 2.05) is 55.2 Å². The summed E-state index contributed by atoms with van der Waals surface area (Å²) in [6.45, 7) is 6.04. The van der Waals surface area contributed by atoms with Crippen LogP contribution in [0.5, 0.6) is 0 Å². The normalized spacial score (nSPS) is 20.4. The molecule has 0 saturated carbocycles. The van der Waals surface area contributed by atoms with Crippen molar-refractivity contribution in [3.05, 3.63) is 41.5 Å². The molecule has 0 aliphatic carbocycles. The topological polar surface area (TPSA) is 29.5 Å². The fraction of sp³-hybridized carbons (Fsp3) is 0.438.